The molecule has 0 saturated carbocycles. The lowest BCUT2D eigenvalue weighted by molar-refractivity contribution is 0.525. The van der Waals surface area contributed by atoms with Gasteiger partial charge in [0.2, 0.25) is 0 Å². The Bertz CT molecular complexity index is 983. The minimum atomic E-state index is -1.73. The summed E-state index contributed by atoms with van der Waals surface area (Å²) in [5.74, 6) is 1.69. The summed E-state index contributed by atoms with van der Waals surface area (Å²) in [6.45, 7) is 0. The van der Waals surface area contributed by atoms with Crippen molar-refractivity contribution in [1.29, 1.82) is 0 Å². The van der Waals surface area contributed by atoms with Crippen molar-refractivity contribution in [1.82, 2.24) is 0 Å². The van der Waals surface area contributed by atoms with Gasteiger partial charge in [-0.1, -0.05) is 107 Å². The molecule has 0 spiro atoms. The van der Waals surface area contributed by atoms with Gasteiger partial charge in [-0.05, 0) is 48.2 Å². The second-order valence-corrected chi connectivity index (χ2v) is 17.6. The standard InChI is InChI=1S/C30H30PSi/c1-5-13-27(14-6-1)31(28-15-7-2-8-16-28)21-25-23-32(24-26(25)22-31,29-17-9-3-10-18-29)30-19-11-4-12-20-30/h1-20,25-26H,21-24H2/q+1/t25-,26-/m0/s1. The summed E-state index contributed by atoms with van der Waals surface area (Å²) < 4.78 is 0. The van der Waals surface area contributed by atoms with Crippen molar-refractivity contribution >= 4 is 36.3 Å². The van der Waals surface area contributed by atoms with Crippen LogP contribution >= 0.6 is 7.26 Å². The summed E-state index contributed by atoms with van der Waals surface area (Å²) in [5, 5.41) is 6.52. The fourth-order valence-corrected chi connectivity index (χ4v) is 18.3. The summed E-state index contributed by atoms with van der Waals surface area (Å²) in [6, 6.07) is 48.9. The molecule has 4 aromatic rings. The van der Waals surface area contributed by atoms with E-state index in [4.69, 9.17) is 0 Å². The molecule has 2 heterocycles. The summed E-state index contributed by atoms with van der Waals surface area (Å²) >= 11 is 0. The summed E-state index contributed by atoms with van der Waals surface area (Å²) in [4.78, 5) is 0. The van der Waals surface area contributed by atoms with Gasteiger partial charge in [0.15, 0.2) is 0 Å². The van der Waals surface area contributed by atoms with Gasteiger partial charge >= 0.3 is 0 Å². The van der Waals surface area contributed by atoms with Crippen LogP contribution in [-0.4, -0.2) is 20.4 Å². The molecule has 4 aromatic carbocycles. The minimum Gasteiger partial charge on any atom is -0.0626 e. The zero-order valence-electron chi connectivity index (χ0n) is 18.5. The van der Waals surface area contributed by atoms with Crippen molar-refractivity contribution in [3.8, 4) is 0 Å². The quantitative estimate of drug-likeness (QED) is 0.298. The van der Waals surface area contributed by atoms with Gasteiger partial charge in [0.25, 0.3) is 0 Å². The molecule has 0 unspecified atom stereocenters. The maximum absolute atomic E-state index is 2.43. The molecule has 2 aliphatic rings. The van der Waals surface area contributed by atoms with E-state index in [0.29, 0.717) is 0 Å². The number of fused-ring (bicyclic) bond motifs is 1. The van der Waals surface area contributed by atoms with Crippen LogP contribution in [0.4, 0.5) is 0 Å². The Kier molecular flexibility index (Phi) is 5.13. The van der Waals surface area contributed by atoms with Gasteiger partial charge in [0.1, 0.15) is 8.07 Å². The van der Waals surface area contributed by atoms with Gasteiger partial charge in [0.05, 0.1) is 30.2 Å². The van der Waals surface area contributed by atoms with Crippen LogP contribution < -0.4 is 21.0 Å². The Morgan fingerprint density at radius 1 is 0.469 bits per heavy atom. The van der Waals surface area contributed by atoms with E-state index in [9.17, 15) is 0 Å². The molecule has 6 rings (SSSR count). The van der Waals surface area contributed by atoms with Gasteiger partial charge in [-0.3, -0.25) is 0 Å². The molecule has 0 radical (unpaired) electrons. The number of rotatable bonds is 4. The Balaban J connectivity index is 1.42. The molecular formula is C30H30PSi+. The molecule has 2 heteroatoms. The Morgan fingerprint density at radius 2 is 0.812 bits per heavy atom. The normalized spacial score (nSPS) is 23.0. The average molecular weight is 450 g/mol. The van der Waals surface area contributed by atoms with Crippen molar-refractivity contribution in [2.45, 2.75) is 12.1 Å². The van der Waals surface area contributed by atoms with Crippen LogP contribution in [0.1, 0.15) is 0 Å². The topological polar surface area (TPSA) is 0 Å². The first-order chi connectivity index (χ1) is 15.8. The predicted octanol–water partition coefficient (Wildman–Crippen LogP) is 5.18. The molecule has 0 N–H and O–H groups in total. The van der Waals surface area contributed by atoms with E-state index in [2.05, 4.69) is 121 Å². The van der Waals surface area contributed by atoms with E-state index < -0.39 is 15.3 Å². The van der Waals surface area contributed by atoms with Crippen molar-refractivity contribution in [2.24, 2.45) is 11.8 Å². The molecule has 0 nitrogen and oxygen atoms in total. The highest BCUT2D eigenvalue weighted by Crippen LogP contribution is 2.68. The Morgan fingerprint density at radius 3 is 1.19 bits per heavy atom. The molecule has 0 aromatic heterocycles. The monoisotopic (exact) mass is 449 g/mol. The van der Waals surface area contributed by atoms with Gasteiger partial charge in [0, 0.05) is 0 Å². The van der Waals surface area contributed by atoms with Crippen molar-refractivity contribution in [3.05, 3.63) is 121 Å². The second kappa shape index (κ2) is 8.14. The highest BCUT2D eigenvalue weighted by atomic mass is 31.2. The first-order valence-electron chi connectivity index (χ1n) is 11.9. The zero-order chi connectivity index (χ0) is 21.4. The Labute approximate surface area is 193 Å². The number of hydrogen-bond donors (Lipinski definition) is 0. The Hall–Kier alpha value is -2.47. The zero-order valence-corrected chi connectivity index (χ0v) is 20.4. The van der Waals surface area contributed by atoms with E-state index in [1.165, 1.54) is 24.4 Å². The van der Waals surface area contributed by atoms with Crippen LogP contribution in [0.5, 0.6) is 0 Å². The lowest BCUT2D eigenvalue weighted by atomic mass is 10.0. The molecular weight excluding hydrogens is 419 g/mol. The second-order valence-electron chi connectivity index (χ2n) is 9.75. The molecule has 2 atom stereocenters. The third kappa shape index (κ3) is 3.22. The van der Waals surface area contributed by atoms with Crippen LogP contribution in [0, 0.1) is 11.8 Å². The van der Waals surface area contributed by atoms with Gasteiger partial charge < -0.3 is 0 Å². The van der Waals surface area contributed by atoms with Gasteiger partial charge in [-0.25, -0.2) is 0 Å². The van der Waals surface area contributed by atoms with E-state index in [-0.39, 0.29) is 0 Å². The summed E-state index contributed by atoms with van der Waals surface area (Å²) in [7, 11) is -3.07. The summed E-state index contributed by atoms with van der Waals surface area (Å²) in [5.41, 5.74) is 0. The summed E-state index contributed by atoms with van der Waals surface area (Å²) in [6.07, 6.45) is 2.78. The molecule has 2 saturated heterocycles. The lowest BCUT2D eigenvalue weighted by Gasteiger charge is -2.31. The van der Waals surface area contributed by atoms with Crippen molar-refractivity contribution < 1.29 is 0 Å². The number of hydrogen-bond acceptors (Lipinski definition) is 0. The average Bonchev–Trinajstić information content (AvgIpc) is 3.42. The maximum atomic E-state index is 2.43. The van der Waals surface area contributed by atoms with Crippen molar-refractivity contribution in [3.63, 3.8) is 0 Å². The molecule has 2 fully saturated rings. The number of benzene rings is 4. The fourth-order valence-electron chi connectivity index (χ4n) is 6.76. The van der Waals surface area contributed by atoms with E-state index in [1.54, 1.807) is 21.0 Å². The van der Waals surface area contributed by atoms with Crippen LogP contribution in [0.25, 0.3) is 0 Å². The molecule has 158 valence electrons. The molecule has 2 aliphatic heterocycles. The van der Waals surface area contributed by atoms with Crippen molar-refractivity contribution in [2.75, 3.05) is 12.3 Å². The molecule has 32 heavy (non-hydrogen) atoms. The van der Waals surface area contributed by atoms with Crippen LogP contribution in [0.3, 0.4) is 0 Å². The largest absolute Gasteiger partial charge is 0.119 e. The maximum Gasteiger partial charge on any atom is 0.119 e. The van der Waals surface area contributed by atoms with Gasteiger partial charge in [-0.15, -0.1) is 0 Å². The first-order valence-corrected chi connectivity index (χ1v) is 16.5. The lowest BCUT2D eigenvalue weighted by Crippen LogP contribution is -2.56. The van der Waals surface area contributed by atoms with Crippen LogP contribution in [0.15, 0.2) is 121 Å². The molecule has 0 amide bonds. The third-order valence-corrected chi connectivity index (χ3v) is 18.2. The van der Waals surface area contributed by atoms with E-state index in [1.807, 2.05) is 0 Å². The fraction of sp³-hybridized carbons (Fsp3) is 0.200. The van der Waals surface area contributed by atoms with Crippen LogP contribution in [0.2, 0.25) is 12.1 Å². The van der Waals surface area contributed by atoms with Gasteiger partial charge in [-0.2, -0.15) is 0 Å². The predicted molar refractivity (Wildman–Crippen MR) is 143 cm³/mol. The highest BCUT2D eigenvalue weighted by molar-refractivity contribution is 7.89. The van der Waals surface area contributed by atoms with Crippen LogP contribution in [-0.2, 0) is 0 Å². The third-order valence-electron chi connectivity index (χ3n) is 8.13. The molecule has 0 bridgehead atoms. The first kappa shape index (κ1) is 20.2. The minimum absolute atomic E-state index is 0.843. The molecule has 0 aliphatic carbocycles. The van der Waals surface area contributed by atoms with E-state index >= 15 is 0 Å². The SMILES string of the molecule is c1ccc([Si]2(c3ccccc3)C[C@@H]3C[P+](c4ccccc4)(c4ccccc4)C[C@H]3C2)cc1. The highest BCUT2D eigenvalue weighted by Gasteiger charge is 2.61. The van der Waals surface area contributed by atoms with E-state index in [0.717, 1.165) is 11.8 Å². The smallest absolute Gasteiger partial charge is 0.0626 e.